The number of hydrogen-bond acceptors (Lipinski definition) is 3. The predicted molar refractivity (Wildman–Crippen MR) is 71.2 cm³/mol. The Balaban J connectivity index is 2.21. The van der Waals surface area contributed by atoms with E-state index in [2.05, 4.69) is 19.2 Å². The van der Waals surface area contributed by atoms with Gasteiger partial charge in [-0.15, -0.1) is 0 Å². The van der Waals surface area contributed by atoms with Crippen LogP contribution >= 0.6 is 0 Å². The molecule has 3 nitrogen and oxygen atoms in total. The van der Waals surface area contributed by atoms with E-state index >= 15 is 0 Å². The van der Waals surface area contributed by atoms with E-state index in [1.807, 2.05) is 0 Å². The van der Waals surface area contributed by atoms with Gasteiger partial charge in [-0.1, -0.05) is 13.8 Å². The van der Waals surface area contributed by atoms with Crippen molar-refractivity contribution in [3.05, 3.63) is 0 Å². The van der Waals surface area contributed by atoms with Gasteiger partial charge in [0, 0.05) is 26.9 Å². The molecule has 0 saturated carbocycles. The molecule has 0 radical (unpaired) electrons. The zero-order valence-corrected chi connectivity index (χ0v) is 11.7. The van der Waals surface area contributed by atoms with Crippen LogP contribution in [0.4, 0.5) is 0 Å². The maximum absolute atomic E-state index is 5.42. The highest BCUT2D eigenvalue weighted by atomic mass is 16.5. The number of nitrogens with one attached hydrogen (secondary N) is 1. The molecular formula is C14H29NO2. The van der Waals surface area contributed by atoms with E-state index in [1.165, 1.54) is 19.3 Å². The van der Waals surface area contributed by atoms with Gasteiger partial charge in [0.25, 0.3) is 0 Å². The van der Waals surface area contributed by atoms with Crippen LogP contribution in [0, 0.1) is 17.8 Å². The normalized spacial score (nSPS) is 19.8. The predicted octanol–water partition coefficient (Wildman–Crippen LogP) is 2.31. The molecule has 0 spiro atoms. The lowest BCUT2D eigenvalue weighted by Crippen LogP contribution is -2.31. The van der Waals surface area contributed by atoms with Crippen LogP contribution < -0.4 is 5.32 Å². The molecule has 1 atom stereocenters. The quantitative estimate of drug-likeness (QED) is 0.664. The van der Waals surface area contributed by atoms with Gasteiger partial charge in [-0.2, -0.15) is 0 Å². The van der Waals surface area contributed by atoms with Crippen molar-refractivity contribution >= 4 is 0 Å². The number of hydrogen-bond donors (Lipinski definition) is 1. The van der Waals surface area contributed by atoms with Gasteiger partial charge in [-0.3, -0.25) is 0 Å². The number of methoxy groups -OCH3 is 1. The van der Waals surface area contributed by atoms with E-state index in [-0.39, 0.29) is 0 Å². The third-order valence-electron chi connectivity index (χ3n) is 3.81. The highest BCUT2D eigenvalue weighted by molar-refractivity contribution is 4.73. The first kappa shape index (κ1) is 14.9. The molecule has 3 heteroatoms. The molecule has 1 N–H and O–H groups in total. The second-order valence-electron chi connectivity index (χ2n) is 5.49. The molecule has 1 rings (SSSR count). The summed E-state index contributed by atoms with van der Waals surface area (Å²) in [7, 11) is 1.75. The summed E-state index contributed by atoms with van der Waals surface area (Å²) in [5.41, 5.74) is 0. The summed E-state index contributed by atoms with van der Waals surface area (Å²) < 4.78 is 10.5. The van der Waals surface area contributed by atoms with Crippen LogP contribution in [0.1, 0.15) is 33.1 Å². The van der Waals surface area contributed by atoms with Crippen molar-refractivity contribution in [1.82, 2.24) is 5.32 Å². The first-order chi connectivity index (χ1) is 8.24. The van der Waals surface area contributed by atoms with Gasteiger partial charge in [0.1, 0.15) is 0 Å². The number of ether oxygens (including phenoxy) is 2. The highest BCUT2D eigenvalue weighted by Crippen LogP contribution is 2.26. The Hall–Kier alpha value is -0.120. The van der Waals surface area contributed by atoms with Crippen molar-refractivity contribution in [2.45, 2.75) is 33.1 Å². The molecule has 1 aliphatic rings. The Morgan fingerprint density at radius 2 is 2.00 bits per heavy atom. The Kier molecular flexibility index (Phi) is 7.82. The maximum atomic E-state index is 5.42. The van der Waals surface area contributed by atoms with E-state index < -0.39 is 0 Å². The second kappa shape index (κ2) is 8.90. The largest absolute Gasteiger partial charge is 0.383 e. The lowest BCUT2D eigenvalue weighted by Gasteiger charge is -2.29. The number of rotatable bonds is 8. The van der Waals surface area contributed by atoms with Crippen molar-refractivity contribution in [2.75, 3.05) is 40.0 Å². The monoisotopic (exact) mass is 243 g/mol. The van der Waals surface area contributed by atoms with Crippen molar-refractivity contribution in [3.8, 4) is 0 Å². The molecule has 0 aromatic rings. The molecule has 0 aliphatic carbocycles. The first-order valence-corrected chi connectivity index (χ1v) is 7.01. The Labute approximate surface area is 106 Å². The maximum Gasteiger partial charge on any atom is 0.0587 e. The Bertz CT molecular complexity index is 179. The minimum Gasteiger partial charge on any atom is -0.383 e. The average Bonchev–Trinajstić information content (AvgIpc) is 2.34. The van der Waals surface area contributed by atoms with Crippen molar-refractivity contribution in [2.24, 2.45) is 17.8 Å². The van der Waals surface area contributed by atoms with Gasteiger partial charge in [-0.25, -0.2) is 0 Å². The lowest BCUT2D eigenvalue weighted by atomic mass is 9.83. The average molecular weight is 243 g/mol. The zero-order chi connectivity index (χ0) is 12.5. The topological polar surface area (TPSA) is 30.5 Å². The van der Waals surface area contributed by atoms with Crippen LogP contribution in [0.3, 0.4) is 0 Å². The molecule has 1 heterocycles. The molecule has 102 valence electrons. The summed E-state index contributed by atoms with van der Waals surface area (Å²) in [4.78, 5) is 0. The molecule has 0 aromatic heterocycles. The van der Waals surface area contributed by atoms with Crippen LogP contribution in [-0.2, 0) is 9.47 Å². The van der Waals surface area contributed by atoms with Crippen LogP contribution in [0.5, 0.6) is 0 Å². The molecule has 1 unspecified atom stereocenters. The first-order valence-electron chi connectivity index (χ1n) is 7.01. The fourth-order valence-electron chi connectivity index (χ4n) is 2.46. The fourth-order valence-corrected chi connectivity index (χ4v) is 2.46. The third-order valence-corrected chi connectivity index (χ3v) is 3.81. The fraction of sp³-hybridized carbons (Fsp3) is 1.00. The molecule has 1 fully saturated rings. The zero-order valence-electron chi connectivity index (χ0n) is 11.7. The summed E-state index contributed by atoms with van der Waals surface area (Å²) in [6.07, 6.45) is 3.85. The third kappa shape index (κ3) is 6.39. The molecule has 1 saturated heterocycles. The molecule has 1 aliphatic heterocycles. The van der Waals surface area contributed by atoms with Crippen LogP contribution in [0.15, 0.2) is 0 Å². The Morgan fingerprint density at radius 1 is 1.29 bits per heavy atom. The summed E-state index contributed by atoms with van der Waals surface area (Å²) >= 11 is 0. The van der Waals surface area contributed by atoms with Crippen molar-refractivity contribution in [1.29, 1.82) is 0 Å². The van der Waals surface area contributed by atoms with E-state index in [1.54, 1.807) is 7.11 Å². The van der Waals surface area contributed by atoms with Gasteiger partial charge in [0.15, 0.2) is 0 Å². The van der Waals surface area contributed by atoms with Crippen LogP contribution in [-0.4, -0.2) is 40.0 Å². The van der Waals surface area contributed by atoms with Gasteiger partial charge < -0.3 is 14.8 Å². The van der Waals surface area contributed by atoms with Crippen LogP contribution in [0.25, 0.3) is 0 Å². The van der Waals surface area contributed by atoms with Gasteiger partial charge in [0.05, 0.1) is 6.61 Å². The van der Waals surface area contributed by atoms with E-state index in [4.69, 9.17) is 9.47 Å². The minimum absolute atomic E-state index is 0.757. The summed E-state index contributed by atoms with van der Waals surface area (Å²) in [6, 6.07) is 0. The molecule has 17 heavy (non-hydrogen) atoms. The van der Waals surface area contributed by atoms with Gasteiger partial charge in [0.2, 0.25) is 0 Å². The minimum atomic E-state index is 0.757. The standard InChI is InChI=1S/C14H29NO2/c1-12(2)14(11-15-6-9-16-3)10-13-4-7-17-8-5-13/h12-15H,4-11H2,1-3H3. The summed E-state index contributed by atoms with van der Waals surface area (Å²) in [5, 5.41) is 3.50. The molecule has 0 amide bonds. The second-order valence-corrected chi connectivity index (χ2v) is 5.49. The van der Waals surface area contributed by atoms with Crippen molar-refractivity contribution < 1.29 is 9.47 Å². The van der Waals surface area contributed by atoms with Gasteiger partial charge in [-0.05, 0) is 43.6 Å². The SMILES string of the molecule is COCCNCC(CC1CCOCC1)C(C)C. The molecule has 0 aromatic carbocycles. The van der Waals surface area contributed by atoms with E-state index in [9.17, 15) is 0 Å². The smallest absolute Gasteiger partial charge is 0.0587 e. The van der Waals surface area contributed by atoms with E-state index in [0.717, 1.165) is 50.7 Å². The highest BCUT2D eigenvalue weighted by Gasteiger charge is 2.21. The lowest BCUT2D eigenvalue weighted by molar-refractivity contribution is 0.0555. The van der Waals surface area contributed by atoms with Gasteiger partial charge >= 0.3 is 0 Å². The van der Waals surface area contributed by atoms with Crippen LogP contribution in [0.2, 0.25) is 0 Å². The molecule has 0 bridgehead atoms. The van der Waals surface area contributed by atoms with E-state index in [0.29, 0.717) is 0 Å². The molecular weight excluding hydrogens is 214 g/mol. The summed E-state index contributed by atoms with van der Waals surface area (Å²) in [6.45, 7) is 9.50. The Morgan fingerprint density at radius 3 is 2.59 bits per heavy atom. The summed E-state index contributed by atoms with van der Waals surface area (Å²) in [5.74, 6) is 2.42. The van der Waals surface area contributed by atoms with Crippen molar-refractivity contribution in [3.63, 3.8) is 0 Å².